The van der Waals surface area contributed by atoms with E-state index in [1.165, 1.54) is 25.7 Å². The van der Waals surface area contributed by atoms with Crippen molar-refractivity contribution in [1.82, 2.24) is 0 Å². The average Bonchev–Trinajstić information content (AvgIpc) is 2.03. The summed E-state index contributed by atoms with van der Waals surface area (Å²) in [6.45, 7) is 6.94. The molecule has 0 aliphatic carbocycles. The molecule has 0 aromatic heterocycles. The van der Waals surface area contributed by atoms with Gasteiger partial charge in [-0.15, -0.1) is 0 Å². The second-order valence-electron chi connectivity index (χ2n) is 3.59. The molecule has 0 radical (unpaired) electrons. The molecule has 68 valence electrons. The smallest absolute Gasteiger partial charge is 0.0456 e. The van der Waals surface area contributed by atoms with Gasteiger partial charge in [0.15, 0.2) is 0 Å². The van der Waals surface area contributed by atoms with Gasteiger partial charge in [-0.25, -0.2) is 0 Å². The van der Waals surface area contributed by atoms with Crippen molar-refractivity contribution in [2.24, 2.45) is 11.8 Å². The zero-order chi connectivity index (χ0) is 8.69. The Morgan fingerprint density at radius 3 is 2.27 bits per heavy atom. The minimum Gasteiger partial charge on any atom is -0.396 e. The van der Waals surface area contributed by atoms with Gasteiger partial charge in [-0.1, -0.05) is 40.0 Å². The molecule has 0 aliphatic heterocycles. The molecule has 0 saturated heterocycles. The summed E-state index contributed by atoms with van der Waals surface area (Å²) in [5, 5.41) is 8.85. The first-order valence-corrected chi connectivity index (χ1v) is 4.85. The van der Waals surface area contributed by atoms with Crippen LogP contribution in [0.1, 0.15) is 46.5 Å². The average molecular weight is 158 g/mol. The lowest BCUT2D eigenvalue weighted by Gasteiger charge is -2.16. The monoisotopic (exact) mass is 158 g/mol. The summed E-state index contributed by atoms with van der Waals surface area (Å²) >= 11 is 0. The molecule has 2 atom stereocenters. The second-order valence-corrected chi connectivity index (χ2v) is 3.59. The third-order valence-corrected chi connectivity index (χ3v) is 2.32. The fourth-order valence-corrected chi connectivity index (χ4v) is 1.54. The maximum absolute atomic E-state index is 8.85. The van der Waals surface area contributed by atoms with Gasteiger partial charge in [0.2, 0.25) is 0 Å². The SMILES string of the molecule is CCCC(CC)C[C@@H](C)CO. The molecule has 11 heavy (non-hydrogen) atoms. The summed E-state index contributed by atoms with van der Waals surface area (Å²) in [5.41, 5.74) is 0. The van der Waals surface area contributed by atoms with Crippen LogP contribution >= 0.6 is 0 Å². The highest BCUT2D eigenvalue weighted by molar-refractivity contribution is 4.60. The van der Waals surface area contributed by atoms with E-state index >= 15 is 0 Å². The Hall–Kier alpha value is -0.0400. The van der Waals surface area contributed by atoms with Crippen LogP contribution in [0.15, 0.2) is 0 Å². The summed E-state index contributed by atoms with van der Waals surface area (Å²) in [7, 11) is 0. The first kappa shape index (κ1) is 11.0. The van der Waals surface area contributed by atoms with Gasteiger partial charge in [0.05, 0.1) is 0 Å². The maximum Gasteiger partial charge on any atom is 0.0456 e. The van der Waals surface area contributed by atoms with Crippen LogP contribution in [-0.4, -0.2) is 11.7 Å². The second kappa shape index (κ2) is 6.66. The predicted molar refractivity (Wildman–Crippen MR) is 49.6 cm³/mol. The Morgan fingerprint density at radius 1 is 1.27 bits per heavy atom. The van der Waals surface area contributed by atoms with Crippen molar-refractivity contribution in [2.45, 2.75) is 46.5 Å². The molecule has 0 amide bonds. The molecule has 1 nitrogen and oxygen atoms in total. The van der Waals surface area contributed by atoms with Gasteiger partial charge in [0.1, 0.15) is 0 Å². The Morgan fingerprint density at radius 2 is 1.91 bits per heavy atom. The number of hydrogen-bond acceptors (Lipinski definition) is 1. The van der Waals surface area contributed by atoms with Gasteiger partial charge in [-0.2, -0.15) is 0 Å². The van der Waals surface area contributed by atoms with Crippen molar-refractivity contribution >= 4 is 0 Å². The minimum absolute atomic E-state index is 0.347. The summed E-state index contributed by atoms with van der Waals surface area (Å²) in [6, 6.07) is 0. The number of hydrogen-bond donors (Lipinski definition) is 1. The molecule has 0 saturated carbocycles. The first-order chi connectivity index (χ1) is 5.24. The molecule has 0 heterocycles. The highest BCUT2D eigenvalue weighted by Gasteiger charge is 2.09. The lowest BCUT2D eigenvalue weighted by Crippen LogP contribution is -2.08. The normalized spacial score (nSPS) is 16.4. The van der Waals surface area contributed by atoms with E-state index in [0.717, 1.165) is 5.92 Å². The molecule has 0 aromatic carbocycles. The Labute approximate surface area is 70.8 Å². The zero-order valence-corrected chi connectivity index (χ0v) is 8.14. The van der Waals surface area contributed by atoms with Crippen molar-refractivity contribution in [1.29, 1.82) is 0 Å². The summed E-state index contributed by atoms with van der Waals surface area (Å²) in [6.07, 6.45) is 5.05. The highest BCUT2D eigenvalue weighted by atomic mass is 16.3. The lowest BCUT2D eigenvalue weighted by molar-refractivity contribution is 0.207. The molecule has 0 aliphatic rings. The van der Waals surface area contributed by atoms with E-state index in [4.69, 9.17) is 5.11 Å². The van der Waals surface area contributed by atoms with Crippen molar-refractivity contribution in [2.75, 3.05) is 6.61 Å². The molecule has 0 spiro atoms. The van der Waals surface area contributed by atoms with E-state index in [0.29, 0.717) is 12.5 Å². The molecular formula is C10H22O. The molecular weight excluding hydrogens is 136 g/mol. The van der Waals surface area contributed by atoms with E-state index in [1.807, 2.05) is 0 Å². The third-order valence-electron chi connectivity index (χ3n) is 2.32. The van der Waals surface area contributed by atoms with Crippen LogP contribution in [0.3, 0.4) is 0 Å². The highest BCUT2D eigenvalue weighted by Crippen LogP contribution is 2.19. The van der Waals surface area contributed by atoms with Crippen LogP contribution in [-0.2, 0) is 0 Å². The van der Waals surface area contributed by atoms with Crippen molar-refractivity contribution in [3.05, 3.63) is 0 Å². The van der Waals surface area contributed by atoms with Crippen molar-refractivity contribution in [3.63, 3.8) is 0 Å². The molecule has 1 unspecified atom stereocenters. The van der Waals surface area contributed by atoms with Crippen LogP contribution in [0, 0.1) is 11.8 Å². The van der Waals surface area contributed by atoms with E-state index in [1.54, 1.807) is 0 Å². The number of aliphatic hydroxyl groups excluding tert-OH is 1. The van der Waals surface area contributed by atoms with Crippen molar-refractivity contribution in [3.8, 4) is 0 Å². The molecule has 0 aromatic rings. The van der Waals surface area contributed by atoms with Crippen LogP contribution < -0.4 is 0 Å². The molecule has 1 N–H and O–H groups in total. The van der Waals surface area contributed by atoms with Gasteiger partial charge < -0.3 is 5.11 Å². The quantitative estimate of drug-likeness (QED) is 0.630. The van der Waals surface area contributed by atoms with Crippen LogP contribution in [0.2, 0.25) is 0 Å². The molecule has 0 bridgehead atoms. The molecule has 0 fully saturated rings. The van der Waals surface area contributed by atoms with Gasteiger partial charge >= 0.3 is 0 Å². The summed E-state index contributed by atoms with van der Waals surface area (Å²) in [4.78, 5) is 0. The summed E-state index contributed by atoms with van der Waals surface area (Å²) in [5.74, 6) is 1.33. The maximum atomic E-state index is 8.85. The van der Waals surface area contributed by atoms with Gasteiger partial charge in [-0.05, 0) is 18.3 Å². The largest absolute Gasteiger partial charge is 0.396 e. The molecule has 0 rings (SSSR count). The van der Waals surface area contributed by atoms with E-state index < -0.39 is 0 Å². The van der Waals surface area contributed by atoms with E-state index in [-0.39, 0.29) is 0 Å². The van der Waals surface area contributed by atoms with Gasteiger partial charge in [0, 0.05) is 6.61 Å². The Bertz CT molecular complexity index is 80.9. The zero-order valence-electron chi connectivity index (χ0n) is 8.14. The Balaban J connectivity index is 3.49. The third kappa shape index (κ3) is 5.25. The number of aliphatic hydroxyl groups is 1. The minimum atomic E-state index is 0.347. The van der Waals surface area contributed by atoms with Crippen LogP contribution in [0.25, 0.3) is 0 Å². The molecule has 1 heteroatoms. The van der Waals surface area contributed by atoms with E-state index in [2.05, 4.69) is 20.8 Å². The summed E-state index contributed by atoms with van der Waals surface area (Å²) < 4.78 is 0. The Kier molecular flexibility index (Phi) is 6.63. The van der Waals surface area contributed by atoms with Crippen LogP contribution in [0.5, 0.6) is 0 Å². The van der Waals surface area contributed by atoms with Crippen molar-refractivity contribution < 1.29 is 5.11 Å². The standard InChI is InChI=1S/C10H22O/c1-4-6-10(5-2)7-9(3)8-11/h9-11H,4-8H2,1-3H3/t9-,10?/m1/s1. The fourth-order valence-electron chi connectivity index (χ4n) is 1.54. The van der Waals surface area contributed by atoms with Gasteiger partial charge in [0.25, 0.3) is 0 Å². The predicted octanol–water partition coefficient (Wildman–Crippen LogP) is 2.83. The number of rotatable bonds is 6. The lowest BCUT2D eigenvalue weighted by atomic mass is 9.91. The van der Waals surface area contributed by atoms with Gasteiger partial charge in [-0.3, -0.25) is 0 Å². The topological polar surface area (TPSA) is 20.2 Å². The van der Waals surface area contributed by atoms with E-state index in [9.17, 15) is 0 Å². The fraction of sp³-hybridized carbons (Fsp3) is 1.00. The first-order valence-electron chi connectivity index (χ1n) is 4.85. The van der Waals surface area contributed by atoms with Crippen LogP contribution in [0.4, 0.5) is 0 Å².